The minimum atomic E-state index is -0.253. The first-order valence-corrected chi connectivity index (χ1v) is 8.30. The maximum Gasteiger partial charge on any atom is 0.139 e. The summed E-state index contributed by atoms with van der Waals surface area (Å²) in [6, 6.07) is 5.33. The molecule has 0 aliphatic heterocycles. The van der Waals surface area contributed by atoms with Crippen molar-refractivity contribution >= 4 is 64.8 Å². The molecule has 1 aromatic carbocycles. The highest BCUT2D eigenvalue weighted by Crippen LogP contribution is 2.33. The van der Waals surface area contributed by atoms with Crippen LogP contribution in [0.4, 0.5) is 10.1 Å². The number of anilines is 1. The molecule has 96 valence electrons. The Kier molecular flexibility index (Phi) is 4.86. The number of benzene rings is 1. The van der Waals surface area contributed by atoms with Crippen molar-refractivity contribution in [2.75, 3.05) is 5.32 Å². The van der Waals surface area contributed by atoms with Crippen LogP contribution >= 0.6 is 59.1 Å². The van der Waals surface area contributed by atoms with Crippen molar-refractivity contribution in [2.45, 2.75) is 13.5 Å². The summed E-state index contributed by atoms with van der Waals surface area (Å²) in [7, 11) is 0. The molecule has 1 N–H and O–H groups in total. The molecule has 18 heavy (non-hydrogen) atoms. The van der Waals surface area contributed by atoms with Gasteiger partial charge in [0.25, 0.3) is 0 Å². The average Bonchev–Trinajstić information content (AvgIpc) is 2.62. The Bertz CT molecular complexity index is 563. The van der Waals surface area contributed by atoms with Gasteiger partial charge in [0, 0.05) is 21.6 Å². The van der Waals surface area contributed by atoms with E-state index in [9.17, 15) is 4.39 Å². The van der Waals surface area contributed by atoms with Gasteiger partial charge in [0.15, 0.2) is 0 Å². The summed E-state index contributed by atoms with van der Waals surface area (Å²) in [5, 5.41) is 3.25. The standard InChI is InChI=1S/C12H9Br3FNS/c1-6-2-8(13)10(16)4-11(6)17-5-7-3-9(14)12(15)18-7/h2-4,17H,5H2,1H3. The molecule has 2 rings (SSSR count). The molecule has 0 fully saturated rings. The maximum absolute atomic E-state index is 13.5. The Morgan fingerprint density at radius 1 is 1.17 bits per heavy atom. The molecule has 0 spiro atoms. The Balaban J connectivity index is 2.13. The number of hydrogen-bond donors (Lipinski definition) is 1. The first kappa shape index (κ1) is 14.5. The molecule has 1 nitrogen and oxygen atoms in total. The van der Waals surface area contributed by atoms with E-state index >= 15 is 0 Å². The van der Waals surface area contributed by atoms with Crippen LogP contribution in [0.5, 0.6) is 0 Å². The van der Waals surface area contributed by atoms with Crippen molar-refractivity contribution in [3.8, 4) is 0 Å². The third kappa shape index (κ3) is 3.35. The van der Waals surface area contributed by atoms with E-state index in [-0.39, 0.29) is 5.82 Å². The normalized spacial score (nSPS) is 10.7. The first-order chi connectivity index (χ1) is 8.47. The zero-order valence-corrected chi connectivity index (χ0v) is 14.9. The quantitative estimate of drug-likeness (QED) is 0.587. The molecule has 0 aliphatic carbocycles. The van der Waals surface area contributed by atoms with Crippen molar-refractivity contribution in [3.63, 3.8) is 0 Å². The highest BCUT2D eigenvalue weighted by Gasteiger charge is 2.07. The maximum atomic E-state index is 13.5. The Hall–Kier alpha value is 0.0900. The van der Waals surface area contributed by atoms with Crippen molar-refractivity contribution in [1.82, 2.24) is 0 Å². The predicted octanol–water partition coefficient (Wildman–Crippen LogP) is 6.10. The van der Waals surface area contributed by atoms with E-state index in [1.807, 2.05) is 13.0 Å². The van der Waals surface area contributed by atoms with Crippen LogP contribution in [0.1, 0.15) is 10.4 Å². The number of halogens is 4. The van der Waals surface area contributed by atoms with E-state index in [2.05, 4.69) is 53.1 Å². The van der Waals surface area contributed by atoms with Gasteiger partial charge in [-0.15, -0.1) is 11.3 Å². The van der Waals surface area contributed by atoms with Gasteiger partial charge in [-0.3, -0.25) is 0 Å². The second-order valence-corrected chi connectivity index (χ2v) is 7.93. The second kappa shape index (κ2) is 6.03. The Morgan fingerprint density at radius 3 is 2.50 bits per heavy atom. The lowest BCUT2D eigenvalue weighted by molar-refractivity contribution is 0.621. The van der Waals surface area contributed by atoms with Crippen molar-refractivity contribution < 1.29 is 4.39 Å². The van der Waals surface area contributed by atoms with E-state index < -0.39 is 0 Å². The molecule has 1 heterocycles. The summed E-state index contributed by atoms with van der Waals surface area (Å²) in [6.07, 6.45) is 0. The van der Waals surface area contributed by atoms with Crippen LogP contribution in [0.15, 0.2) is 30.9 Å². The lowest BCUT2D eigenvalue weighted by atomic mass is 10.2. The molecular formula is C12H9Br3FNS. The van der Waals surface area contributed by atoms with Gasteiger partial charge >= 0.3 is 0 Å². The molecule has 0 saturated carbocycles. The number of aryl methyl sites for hydroxylation is 1. The van der Waals surface area contributed by atoms with Gasteiger partial charge in [-0.05, 0) is 78.5 Å². The second-order valence-electron chi connectivity index (χ2n) is 3.77. The summed E-state index contributed by atoms with van der Waals surface area (Å²) in [5.74, 6) is -0.253. The fourth-order valence-electron chi connectivity index (χ4n) is 1.50. The Morgan fingerprint density at radius 2 is 1.89 bits per heavy atom. The van der Waals surface area contributed by atoms with Crippen molar-refractivity contribution in [2.24, 2.45) is 0 Å². The third-order valence-corrected chi connectivity index (χ3v) is 6.28. The minimum absolute atomic E-state index is 0.253. The molecule has 6 heteroatoms. The predicted molar refractivity (Wildman–Crippen MR) is 85.9 cm³/mol. The van der Waals surface area contributed by atoms with Crippen LogP contribution in [-0.2, 0) is 6.54 Å². The Labute approximate surface area is 134 Å². The van der Waals surface area contributed by atoms with Gasteiger partial charge in [0.2, 0.25) is 0 Å². The van der Waals surface area contributed by atoms with Crippen LogP contribution in [0.25, 0.3) is 0 Å². The van der Waals surface area contributed by atoms with E-state index in [0.29, 0.717) is 11.0 Å². The largest absolute Gasteiger partial charge is 0.380 e. The van der Waals surface area contributed by atoms with Gasteiger partial charge in [0.05, 0.1) is 8.26 Å². The molecule has 0 amide bonds. The minimum Gasteiger partial charge on any atom is -0.380 e. The summed E-state index contributed by atoms with van der Waals surface area (Å²) in [5.41, 5.74) is 1.83. The van der Waals surface area contributed by atoms with E-state index in [4.69, 9.17) is 0 Å². The lowest BCUT2D eigenvalue weighted by Crippen LogP contribution is -2.00. The number of rotatable bonds is 3. The highest BCUT2D eigenvalue weighted by atomic mass is 79.9. The number of nitrogens with one attached hydrogen (secondary N) is 1. The van der Waals surface area contributed by atoms with Gasteiger partial charge in [0.1, 0.15) is 5.82 Å². The summed E-state index contributed by atoms with van der Waals surface area (Å²) < 4.78 is 16.1. The summed E-state index contributed by atoms with van der Waals surface area (Å²) in [4.78, 5) is 1.18. The lowest BCUT2D eigenvalue weighted by Gasteiger charge is -2.09. The molecule has 0 saturated heterocycles. The summed E-state index contributed by atoms with van der Waals surface area (Å²) in [6.45, 7) is 2.63. The SMILES string of the molecule is Cc1cc(Br)c(F)cc1NCc1cc(Br)c(Br)s1. The van der Waals surface area contributed by atoms with Crippen LogP contribution < -0.4 is 5.32 Å². The van der Waals surface area contributed by atoms with Gasteiger partial charge in [-0.2, -0.15) is 0 Å². The fourth-order valence-corrected chi connectivity index (χ4v) is 4.07. The molecule has 0 bridgehead atoms. The van der Waals surface area contributed by atoms with Crippen molar-refractivity contribution in [1.29, 1.82) is 0 Å². The van der Waals surface area contributed by atoms with Gasteiger partial charge in [-0.1, -0.05) is 0 Å². The van der Waals surface area contributed by atoms with Crippen LogP contribution in [0.3, 0.4) is 0 Å². The fraction of sp³-hybridized carbons (Fsp3) is 0.167. The zero-order valence-electron chi connectivity index (χ0n) is 9.36. The molecule has 0 aliphatic rings. The van der Waals surface area contributed by atoms with Gasteiger partial charge < -0.3 is 5.32 Å². The monoisotopic (exact) mass is 455 g/mol. The van der Waals surface area contributed by atoms with E-state index in [0.717, 1.165) is 19.5 Å². The number of hydrogen-bond acceptors (Lipinski definition) is 2. The molecule has 0 atom stereocenters. The van der Waals surface area contributed by atoms with Gasteiger partial charge in [-0.25, -0.2) is 4.39 Å². The first-order valence-electron chi connectivity index (χ1n) is 5.10. The van der Waals surface area contributed by atoms with E-state index in [1.54, 1.807) is 17.4 Å². The average molecular weight is 458 g/mol. The van der Waals surface area contributed by atoms with Crippen LogP contribution in [-0.4, -0.2) is 0 Å². The van der Waals surface area contributed by atoms with Crippen LogP contribution in [0.2, 0.25) is 0 Å². The smallest absolute Gasteiger partial charge is 0.139 e. The molecule has 0 unspecified atom stereocenters. The highest BCUT2D eigenvalue weighted by molar-refractivity contribution is 9.13. The topological polar surface area (TPSA) is 12.0 Å². The molecule has 0 radical (unpaired) electrons. The number of thiophene rings is 1. The third-order valence-electron chi connectivity index (χ3n) is 2.42. The van der Waals surface area contributed by atoms with E-state index in [1.165, 1.54) is 10.9 Å². The van der Waals surface area contributed by atoms with Crippen LogP contribution in [0, 0.1) is 12.7 Å². The molecular weight excluding hydrogens is 449 g/mol. The van der Waals surface area contributed by atoms with Crippen molar-refractivity contribution in [3.05, 3.63) is 47.2 Å². The summed E-state index contributed by atoms with van der Waals surface area (Å²) >= 11 is 11.7. The molecule has 1 aromatic heterocycles. The zero-order chi connectivity index (χ0) is 13.3. The molecule has 2 aromatic rings.